The molecule has 31 heavy (non-hydrogen) atoms. The van der Waals surface area contributed by atoms with Gasteiger partial charge in [-0.25, -0.2) is 0 Å². The molecule has 1 aromatic heterocycles. The van der Waals surface area contributed by atoms with Crippen molar-refractivity contribution in [1.82, 2.24) is 4.98 Å². The SMILES string of the molecule is CS(=N)(=O)CCNc1ccc(-c2ccccc2)cc1C(N)=CC=NCc1cccnc1. The van der Waals surface area contributed by atoms with E-state index >= 15 is 0 Å². The fraction of sp³-hybridized carbons (Fsp3) is 0.167. The second-order valence-corrected chi connectivity index (χ2v) is 9.65. The Kier molecular flexibility index (Phi) is 7.56. The molecule has 3 aromatic rings. The highest BCUT2D eigenvalue weighted by Gasteiger charge is 2.08. The van der Waals surface area contributed by atoms with Crippen LogP contribution in [0.25, 0.3) is 16.8 Å². The van der Waals surface area contributed by atoms with Crippen LogP contribution in [-0.2, 0) is 16.3 Å². The van der Waals surface area contributed by atoms with Gasteiger partial charge in [-0.05, 0) is 41.0 Å². The average molecular weight is 434 g/mol. The standard InChI is InChI=1S/C24H27N5OS/c1-31(26,30)15-14-29-24-10-9-21(20-7-3-2-4-8-20)16-22(24)23(25)11-13-28-18-19-6-5-12-27-17-19/h2-13,16-17,26,29H,14-15,18,25H2,1H3. The molecule has 0 aliphatic carbocycles. The van der Waals surface area contributed by atoms with Gasteiger partial charge in [0.2, 0.25) is 0 Å². The van der Waals surface area contributed by atoms with Crippen molar-refractivity contribution in [3.8, 4) is 11.1 Å². The summed E-state index contributed by atoms with van der Waals surface area (Å²) in [4.78, 5) is 8.49. The number of nitrogens with two attached hydrogens (primary N) is 1. The number of rotatable bonds is 9. The molecule has 0 aliphatic heterocycles. The van der Waals surface area contributed by atoms with Crippen LogP contribution in [0.1, 0.15) is 11.1 Å². The summed E-state index contributed by atoms with van der Waals surface area (Å²) in [7, 11) is -2.56. The minimum absolute atomic E-state index is 0.267. The number of aromatic nitrogens is 1. The van der Waals surface area contributed by atoms with Crippen molar-refractivity contribution in [3.05, 3.63) is 90.3 Å². The Labute approximate surface area is 183 Å². The van der Waals surface area contributed by atoms with E-state index < -0.39 is 9.73 Å². The van der Waals surface area contributed by atoms with E-state index in [0.717, 1.165) is 27.9 Å². The normalized spacial score (nSPS) is 13.8. The van der Waals surface area contributed by atoms with Crippen molar-refractivity contribution >= 4 is 27.3 Å². The van der Waals surface area contributed by atoms with E-state index in [2.05, 4.69) is 15.3 Å². The number of anilines is 1. The third-order valence-corrected chi connectivity index (χ3v) is 5.58. The van der Waals surface area contributed by atoms with Gasteiger partial charge in [0.25, 0.3) is 0 Å². The van der Waals surface area contributed by atoms with Crippen LogP contribution in [0.2, 0.25) is 0 Å². The maximum Gasteiger partial charge on any atom is 0.0654 e. The third kappa shape index (κ3) is 7.08. The first kappa shape index (κ1) is 22.2. The minimum Gasteiger partial charge on any atom is -0.398 e. The van der Waals surface area contributed by atoms with Crippen molar-refractivity contribution in [1.29, 1.82) is 4.78 Å². The highest BCUT2D eigenvalue weighted by atomic mass is 32.2. The van der Waals surface area contributed by atoms with Crippen LogP contribution in [0.15, 0.2) is 84.1 Å². The summed E-state index contributed by atoms with van der Waals surface area (Å²) >= 11 is 0. The Balaban J connectivity index is 1.84. The maximum absolute atomic E-state index is 11.7. The van der Waals surface area contributed by atoms with Crippen LogP contribution in [-0.4, -0.2) is 34.0 Å². The maximum atomic E-state index is 11.7. The molecule has 1 atom stereocenters. The van der Waals surface area contributed by atoms with Crippen LogP contribution in [0.4, 0.5) is 5.69 Å². The third-order valence-electron chi connectivity index (χ3n) is 4.60. The van der Waals surface area contributed by atoms with Crippen molar-refractivity contribution in [3.63, 3.8) is 0 Å². The lowest BCUT2D eigenvalue weighted by Crippen LogP contribution is -2.14. The second kappa shape index (κ2) is 10.5. The van der Waals surface area contributed by atoms with Crippen LogP contribution < -0.4 is 11.1 Å². The number of hydrogen-bond acceptors (Lipinski definition) is 6. The Morgan fingerprint density at radius 1 is 1.16 bits per heavy atom. The average Bonchev–Trinajstić information content (AvgIpc) is 2.77. The van der Waals surface area contributed by atoms with Crippen LogP contribution in [0.3, 0.4) is 0 Å². The Morgan fingerprint density at radius 2 is 1.97 bits per heavy atom. The number of pyridine rings is 1. The molecule has 1 heterocycles. The zero-order chi connectivity index (χ0) is 22.1. The molecule has 0 fully saturated rings. The number of allylic oxidation sites excluding steroid dienone is 1. The van der Waals surface area contributed by atoms with Gasteiger partial charge in [0.05, 0.1) is 6.54 Å². The highest BCUT2D eigenvalue weighted by molar-refractivity contribution is 7.91. The topological polar surface area (TPSA) is 104 Å². The summed E-state index contributed by atoms with van der Waals surface area (Å²) in [5, 5.41) is 3.27. The van der Waals surface area contributed by atoms with Crippen molar-refractivity contribution in [2.75, 3.05) is 23.9 Å². The number of hydrogen-bond donors (Lipinski definition) is 3. The summed E-state index contributed by atoms with van der Waals surface area (Å²) < 4.78 is 19.3. The van der Waals surface area contributed by atoms with Crippen LogP contribution in [0, 0.1) is 4.78 Å². The van der Waals surface area contributed by atoms with Gasteiger partial charge in [-0.1, -0.05) is 42.5 Å². The van der Waals surface area contributed by atoms with E-state index in [9.17, 15) is 4.21 Å². The first-order valence-electron chi connectivity index (χ1n) is 9.92. The molecule has 0 bridgehead atoms. The molecule has 0 aliphatic rings. The first-order valence-corrected chi connectivity index (χ1v) is 12.1. The molecule has 3 rings (SSSR count). The quantitative estimate of drug-likeness (QED) is 0.435. The lowest BCUT2D eigenvalue weighted by atomic mass is 10.00. The highest BCUT2D eigenvalue weighted by Crippen LogP contribution is 2.28. The molecule has 2 aromatic carbocycles. The Hall–Kier alpha value is -3.45. The summed E-state index contributed by atoms with van der Waals surface area (Å²) in [6.07, 6.45) is 8.44. The number of nitrogens with one attached hydrogen (secondary N) is 2. The van der Waals surface area contributed by atoms with Crippen molar-refractivity contribution < 1.29 is 4.21 Å². The number of benzene rings is 2. The van der Waals surface area contributed by atoms with E-state index in [4.69, 9.17) is 10.5 Å². The van der Waals surface area contributed by atoms with E-state index in [1.54, 1.807) is 24.7 Å². The predicted octanol–water partition coefficient (Wildman–Crippen LogP) is 4.41. The van der Waals surface area contributed by atoms with E-state index in [-0.39, 0.29) is 5.75 Å². The molecule has 7 heteroatoms. The van der Waals surface area contributed by atoms with Gasteiger partial charge in [-0.15, -0.1) is 0 Å². The molecule has 160 valence electrons. The molecule has 0 spiro atoms. The van der Waals surface area contributed by atoms with Gasteiger partial charge in [0, 0.05) is 63.8 Å². The Morgan fingerprint density at radius 3 is 2.68 bits per heavy atom. The summed E-state index contributed by atoms with van der Waals surface area (Å²) in [6.45, 7) is 0.958. The molecule has 0 saturated heterocycles. The van der Waals surface area contributed by atoms with Gasteiger partial charge < -0.3 is 11.1 Å². The van der Waals surface area contributed by atoms with Crippen molar-refractivity contribution in [2.24, 2.45) is 10.7 Å². The minimum atomic E-state index is -2.56. The van der Waals surface area contributed by atoms with Crippen molar-refractivity contribution in [2.45, 2.75) is 6.54 Å². The number of aliphatic imine (C=N–C) groups is 1. The molecular weight excluding hydrogens is 406 g/mol. The van der Waals surface area contributed by atoms with E-state index in [0.29, 0.717) is 18.8 Å². The fourth-order valence-electron chi connectivity index (χ4n) is 3.00. The Bertz CT molecular complexity index is 1160. The van der Waals surface area contributed by atoms with Crippen LogP contribution >= 0.6 is 0 Å². The first-order chi connectivity index (χ1) is 14.9. The number of nitrogens with zero attached hydrogens (tertiary/aromatic N) is 2. The van der Waals surface area contributed by atoms with Gasteiger partial charge in [0.15, 0.2) is 0 Å². The van der Waals surface area contributed by atoms with Crippen LogP contribution in [0.5, 0.6) is 0 Å². The lowest BCUT2D eigenvalue weighted by Gasteiger charge is -2.14. The lowest BCUT2D eigenvalue weighted by molar-refractivity contribution is 0.679. The molecule has 0 saturated carbocycles. The van der Waals surface area contributed by atoms with Gasteiger partial charge in [-0.3, -0.25) is 19.0 Å². The summed E-state index contributed by atoms with van der Waals surface area (Å²) in [5.41, 5.74) is 11.8. The predicted molar refractivity (Wildman–Crippen MR) is 131 cm³/mol. The van der Waals surface area contributed by atoms with Gasteiger partial charge >= 0.3 is 0 Å². The molecular formula is C24H27N5OS. The smallest absolute Gasteiger partial charge is 0.0654 e. The van der Waals surface area contributed by atoms with Gasteiger partial charge in [-0.2, -0.15) is 0 Å². The van der Waals surface area contributed by atoms with Gasteiger partial charge in [0.1, 0.15) is 0 Å². The monoisotopic (exact) mass is 433 g/mol. The van der Waals surface area contributed by atoms with E-state index in [1.807, 2.05) is 60.7 Å². The molecule has 1 unspecified atom stereocenters. The fourth-order valence-corrected chi connectivity index (χ4v) is 3.49. The zero-order valence-corrected chi connectivity index (χ0v) is 18.3. The zero-order valence-electron chi connectivity index (χ0n) is 17.5. The molecule has 0 radical (unpaired) electrons. The largest absolute Gasteiger partial charge is 0.398 e. The van der Waals surface area contributed by atoms with E-state index in [1.165, 1.54) is 6.26 Å². The molecule has 0 amide bonds. The summed E-state index contributed by atoms with van der Waals surface area (Å²) in [5.74, 6) is 0.267. The molecule has 6 nitrogen and oxygen atoms in total. The second-order valence-electron chi connectivity index (χ2n) is 7.24. The summed E-state index contributed by atoms with van der Waals surface area (Å²) in [6, 6.07) is 19.9. The molecule has 4 N–H and O–H groups in total.